The summed E-state index contributed by atoms with van der Waals surface area (Å²) in [5.74, 6) is 0.645. The number of nitrogen functional groups attached to an aromatic ring is 1. The van der Waals surface area contributed by atoms with Crippen molar-refractivity contribution in [3.63, 3.8) is 0 Å². The number of ether oxygens (including phenoxy) is 1. The molecule has 0 radical (unpaired) electrons. The Kier molecular flexibility index (Phi) is 5.10. The van der Waals surface area contributed by atoms with Crippen LogP contribution in [0, 0.1) is 5.92 Å². The number of benzene rings is 1. The van der Waals surface area contributed by atoms with Crippen LogP contribution in [-0.2, 0) is 11.3 Å². The molecule has 3 heteroatoms. The number of halogens is 1. The van der Waals surface area contributed by atoms with Gasteiger partial charge in [0, 0.05) is 10.7 Å². The van der Waals surface area contributed by atoms with Crippen LogP contribution in [0.2, 0.25) is 5.02 Å². The van der Waals surface area contributed by atoms with Crippen LogP contribution in [0.1, 0.15) is 32.8 Å². The minimum Gasteiger partial charge on any atom is -0.399 e. The predicted octanol–water partition coefficient (Wildman–Crippen LogP) is 3.87. The number of hydrogen-bond donors (Lipinski definition) is 1. The molecule has 1 atom stereocenters. The molecule has 0 saturated carbocycles. The van der Waals surface area contributed by atoms with Gasteiger partial charge >= 0.3 is 0 Å². The second-order valence-electron chi connectivity index (χ2n) is 4.60. The summed E-state index contributed by atoms with van der Waals surface area (Å²) in [7, 11) is 0. The Morgan fingerprint density at radius 2 is 2.00 bits per heavy atom. The van der Waals surface area contributed by atoms with Crippen LogP contribution in [0.3, 0.4) is 0 Å². The van der Waals surface area contributed by atoms with E-state index in [0.717, 1.165) is 17.7 Å². The summed E-state index contributed by atoms with van der Waals surface area (Å²) in [6, 6.07) is 5.47. The van der Waals surface area contributed by atoms with Gasteiger partial charge in [0.25, 0.3) is 0 Å². The van der Waals surface area contributed by atoms with Crippen LogP contribution in [0.5, 0.6) is 0 Å². The van der Waals surface area contributed by atoms with Crippen LogP contribution in [0.25, 0.3) is 0 Å². The Balaban J connectivity index is 2.51. The number of anilines is 1. The topological polar surface area (TPSA) is 35.2 Å². The van der Waals surface area contributed by atoms with Crippen molar-refractivity contribution in [1.82, 2.24) is 0 Å². The van der Waals surface area contributed by atoms with Crippen LogP contribution in [0.15, 0.2) is 18.2 Å². The first-order chi connectivity index (χ1) is 7.49. The van der Waals surface area contributed by atoms with Gasteiger partial charge in [-0.25, -0.2) is 0 Å². The van der Waals surface area contributed by atoms with Crippen molar-refractivity contribution in [2.75, 3.05) is 5.73 Å². The minimum atomic E-state index is 0.248. The van der Waals surface area contributed by atoms with Crippen molar-refractivity contribution in [2.24, 2.45) is 5.92 Å². The molecule has 0 spiro atoms. The second kappa shape index (κ2) is 6.12. The molecular formula is C13H20ClNO. The summed E-state index contributed by atoms with van der Waals surface area (Å²) in [4.78, 5) is 0. The highest BCUT2D eigenvalue weighted by atomic mass is 35.5. The second-order valence-corrected chi connectivity index (χ2v) is 5.01. The third-order valence-corrected chi connectivity index (χ3v) is 2.77. The van der Waals surface area contributed by atoms with Crippen molar-refractivity contribution >= 4 is 17.3 Å². The maximum absolute atomic E-state index is 6.05. The van der Waals surface area contributed by atoms with Gasteiger partial charge in [-0.1, -0.05) is 25.4 Å². The normalized spacial score (nSPS) is 13.1. The predicted molar refractivity (Wildman–Crippen MR) is 69.6 cm³/mol. The van der Waals surface area contributed by atoms with Gasteiger partial charge in [-0.15, -0.1) is 0 Å². The highest BCUT2D eigenvalue weighted by Gasteiger charge is 2.07. The standard InChI is InChI=1S/C13H20ClNO/c1-9(2)6-10(3)16-8-11-7-12(15)4-5-13(11)14/h4-5,7,9-10H,6,8,15H2,1-3H3. The Labute approximate surface area is 103 Å². The summed E-state index contributed by atoms with van der Waals surface area (Å²) in [6.45, 7) is 6.98. The van der Waals surface area contributed by atoms with Crippen molar-refractivity contribution in [3.05, 3.63) is 28.8 Å². The zero-order chi connectivity index (χ0) is 12.1. The Bertz CT molecular complexity index is 339. The Morgan fingerprint density at radius 1 is 1.31 bits per heavy atom. The van der Waals surface area contributed by atoms with Gasteiger partial charge in [-0.2, -0.15) is 0 Å². The molecule has 90 valence electrons. The summed E-state index contributed by atoms with van der Waals surface area (Å²) < 4.78 is 5.73. The summed E-state index contributed by atoms with van der Waals surface area (Å²) in [5.41, 5.74) is 7.38. The maximum atomic E-state index is 6.05. The molecule has 1 rings (SSSR count). The molecule has 1 aromatic carbocycles. The SMILES string of the molecule is CC(C)CC(C)OCc1cc(N)ccc1Cl. The molecule has 16 heavy (non-hydrogen) atoms. The fraction of sp³-hybridized carbons (Fsp3) is 0.538. The van der Waals surface area contributed by atoms with Gasteiger partial charge in [0.05, 0.1) is 12.7 Å². The fourth-order valence-electron chi connectivity index (χ4n) is 1.67. The van der Waals surface area contributed by atoms with E-state index in [0.29, 0.717) is 17.5 Å². The molecule has 0 saturated heterocycles. The van der Waals surface area contributed by atoms with Crippen LogP contribution < -0.4 is 5.73 Å². The lowest BCUT2D eigenvalue weighted by molar-refractivity contribution is 0.0398. The lowest BCUT2D eigenvalue weighted by Crippen LogP contribution is -2.11. The molecule has 1 unspecified atom stereocenters. The first-order valence-corrected chi connectivity index (χ1v) is 6.02. The quantitative estimate of drug-likeness (QED) is 0.795. The number of rotatable bonds is 5. The molecule has 1 aromatic rings. The number of nitrogens with two attached hydrogens (primary N) is 1. The highest BCUT2D eigenvalue weighted by Crippen LogP contribution is 2.20. The average Bonchev–Trinajstić information content (AvgIpc) is 2.18. The third kappa shape index (κ3) is 4.42. The fourth-order valence-corrected chi connectivity index (χ4v) is 1.84. The number of hydrogen-bond acceptors (Lipinski definition) is 2. The van der Waals surface area contributed by atoms with Gasteiger partial charge < -0.3 is 10.5 Å². The van der Waals surface area contributed by atoms with Crippen LogP contribution in [0.4, 0.5) is 5.69 Å². The lowest BCUT2D eigenvalue weighted by atomic mass is 10.1. The molecule has 0 heterocycles. The molecule has 0 bridgehead atoms. The molecule has 0 amide bonds. The zero-order valence-corrected chi connectivity index (χ0v) is 10.9. The van der Waals surface area contributed by atoms with Crippen molar-refractivity contribution < 1.29 is 4.74 Å². The van der Waals surface area contributed by atoms with E-state index in [1.165, 1.54) is 0 Å². The molecular weight excluding hydrogens is 222 g/mol. The molecule has 2 nitrogen and oxygen atoms in total. The maximum Gasteiger partial charge on any atom is 0.0735 e. The van der Waals surface area contributed by atoms with Gasteiger partial charge in [0.15, 0.2) is 0 Å². The molecule has 0 aliphatic rings. The highest BCUT2D eigenvalue weighted by molar-refractivity contribution is 6.31. The summed E-state index contributed by atoms with van der Waals surface area (Å²) >= 11 is 6.05. The van der Waals surface area contributed by atoms with Gasteiger partial charge in [-0.05, 0) is 43.0 Å². The van der Waals surface area contributed by atoms with Crippen molar-refractivity contribution in [2.45, 2.75) is 39.9 Å². The van der Waals surface area contributed by atoms with Crippen LogP contribution >= 0.6 is 11.6 Å². The van der Waals surface area contributed by atoms with E-state index in [1.54, 1.807) is 6.07 Å². The van der Waals surface area contributed by atoms with E-state index in [4.69, 9.17) is 22.1 Å². The molecule has 0 fully saturated rings. The van der Waals surface area contributed by atoms with Gasteiger partial charge in [0.1, 0.15) is 0 Å². The molecule has 2 N–H and O–H groups in total. The van der Waals surface area contributed by atoms with E-state index >= 15 is 0 Å². The summed E-state index contributed by atoms with van der Waals surface area (Å²) in [5, 5.41) is 0.714. The minimum absolute atomic E-state index is 0.248. The van der Waals surface area contributed by atoms with Crippen LogP contribution in [-0.4, -0.2) is 6.10 Å². The van der Waals surface area contributed by atoms with E-state index < -0.39 is 0 Å². The molecule has 0 aromatic heterocycles. The molecule has 0 aliphatic carbocycles. The monoisotopic (exact) mass is 241 g/mol. The summed E-state index contributed by atoms with van der Waals surface area (Å²) in [6.07, 6.45) is 1.30. The van der Waals surface area contributed by atoms with Crippen molar-refractivity contribution in [1.29, 1.82) is 0 Å². The smallest absolute Gasteiger partial charge is 0.0735 e. The van der Waals surface area contributed by atoms with E-state index in [-0.39, 0.29) is 6.10 Å². The van der Waals surface area contributed by atoms with E-state index in [2.05, 4.69) is 20.8 Å². The van der Waals surface area contributed by atoms with E-state index in [9.17, 15) is 0 Å². The first-order valence-electron chi connectivity index (χ1n) is 5.64. The lowest BCUT2D eigenvalue weighted by Gasteiger charge is -2.15. The zero-order valence-electron chi connectivity index (χ0n) is 10.2. The van der Waals surface area contributed by atoms with Gasteiger partial charge in [-0.3, -0.25) is 0 Å². The van der Waals surface area contributed by atoms with E-state index in [1.807, 2.05) is 12.1 Å². The Morgan fingerprint density at radius 3 is 2.62 bits per heavy atom. The first kappa shape index (κ1) is 13.3. The average molecular weight is 242 g/mol. The van der Waals surface area contributed by atoms with Gasteiger partial charge in [0.2, 0.25) is 0 Å². The Hall–Kier alpha value is -0.730. The third-order valence-electron chi connectivity index (χ3n) is 2.40. The molecule has 0 aliphatic heterocycles. The largest absolute Gasteiger partial charge is 0.399 e. The van der Waals surface area contributed by atoms with Crippen molar-refractivity contribution in [3.8, 4) is 0 Å².